The average molecular weight is 561 g/mol. The molecule has 11 nitrogen and oxygen atoms in total. The van der Waals surface area contributed by atoms with Crippen LogP contribution in [0, 0.1) is 17.6 Å². The maximum atomic E-state index is 15.6. The predicted molar refractivity (Wildman–Crippen MR) is 152 cm³/mol. The van der Waals surface area contributed by atoms with Crippen LogP contribution in [0.15, 0.2) is 35.5 Å². The topological polar surface area (TPSA) is 145 Å². The normalized spacial score (nSPS) is 19.1. The Balaban J connectivity index is 1.57. The van der Waals surface area contributed by atoms with Gasteiger partial charge in [-0.2, -0.15) is 0 Å². The maximum Gasteiger partial charge on any atom is 0.341 e. The Bertz CT molecular complexity index is 1990. The van der Waals surface area contributed by atoms with Crippen LogP contribution in [0.4, 0.5) is 20.2 Å². The standard InChI is InChI=1S/C28H26F2N8O3/c1-32-18-6-17(29)22(30)20-21-24(37-4-3-12-9-36(2)11-19(12)37)15(8-33-26(21)35-23(18)20)13-5-14-25(39)16(28(40)41)10-38(31)27(14)34-7-13/h5-8,10,12,19,32H,3-4,9,11,31H2,1-2H3,(H,33,35)(H,40,41). The number of halogens is 2. The largest absolute Gasteiger partial charge is 0.477 e. The third-order valence-electron chi connectivity index (χ3n) is 8.46. The Labute approximate surface area is 231 Å². The summed E-state index contributed by atoms with van der Waals surface area (Å²) in [6.07, 6.45) is 5.10. The molecule has 0 spiro atoms. The van der Waals surface area contributed by atoms with Gasteiger partial charge in [-0.1, -0.05) is 0 Å². The molecule has 0 amide bonds. The summed E-state index contributed by atoms with van der Waals surface area (Å²) in [5.74, 6) is 2.99. The molecule has 2 saturated heterocycles. The van der Waals surface area contributed by atoms with E-state index in [9.17, 15) is 19.1 Å². The molecule has 5 N–H and O–H groups in total. The SMILES string of the molecule is CNc1cc(F)c(F)c2c1[nH]c1ncc(-c3cnc4c(c3)c(=O)c(C(=O)O)cn4N)c(N3CCC4CN(C)CC43)c12. The first-order chi connectivity index (χ1) is 19.7. The Morgan fingerprint density at radius 1 is 1.20 bits per heavy atom. The van der Waals surface area contributed by atoms with Crippen LogP contribution in [-0.4, -0.2) is 75.4 Å². The second kappa shape index (κ2) is 8.86. The minimum Gasteiger partial charge on any atom is -0.477 e. The first kappa shape index (κ1) is 25.2. The lowest BCUT2D eigenvalue weighted by atomic mass is 9.99. The van der Waals surface area contributed by atoms with Crippen molar-refractivity contribution in [3.63, 3.8) is 0 Å². The number of anilines is 2. The highest BCUT2D eigenvalue weighted by Gasteiger charge is 2.42. The summed E-state index contributed by atoms with van der Waals surface area (Å²) in [5, 5.41) is 13.0. The van der Waals surface area contributed by atoms with Crippen molar-refractivity contribution in [1.82, 2.24) is 24.5 Å². The fourth-order valence-electron chi connectivity index (χ4n) is 6.63. The number of nitrogens with two attached hydrogens (primary N) is 1. The summed E-state index contributed by atoms with van der Waals surface area (Å²) in [6.45, 7) is 2.42. The van der Waals surface area contributed by atoms with Gasteiger partial charge >= 0.3 is 5.97 Å². The van der Waals surface area contributed by atoms with E-state index < -0.39 is 28.6 Å². The van der Waals surface area contributed by atoms with E-state index in [-0.39, 0.29) is 22.5 Å². The van der Waals surface area contributed by atoms with Crippen LogP contribution in [0.1, 0.15) is 16.8 Å². The number of H-pyrrole nitrogens is 1. The van der Waals surface area contributed by atoms with Gasteiger partial charge in [0.2, 0.25) is 5.43 Å². The van der Waals surface area contributed by atoms with E-state index in [4.69, 9.17) is 5.84 Å². The van der Waals surface area contributed by atoms with Gasteiger partial charge < -0.3 is 31.0 Å². The monoisotopic (exact) mass is 560 g/mol. The molecule has 2 aliphatic heterocycles. The van der Waals surface area contributed by atoms with Gasteiger partial charge in [0.15, 0.2) is 17.3 Å². The van der Waals surface area contributed by atoms with Gasteiger partial charge in [0.25, 0.3) is 0 Å². The Hall–Kier alpha value is -4.78. The number of carboxylic acids is 1. The number of nitrogens with zero attached hydrogens (tertiary/aromatic N) is 5. The highest BCUT2D eigenvalue weighted by Crippen LogP contribution is 2.46. The smallest absolute Gasteiger partial charge is 0.341 e. The van der Waals surface area contributed by atoms with Crippen LogP contribution < -0.4 is 21.5 Å². The number of nitrogens with one attached hydrogen (secondary N) is 2. The van der Waals surface area contributed by atoms with E-state index in [0.29, 0.717) is 51.5 Å². The molecule has 2 fully saturated rings. The van der Waals surface area contributed by atoms with Crippen molar-refractivity contribution < 1.29 is 18.7 Å². The molecule has 4 aromatic heterocycles. The van der Waals surface area contributed by atoms with E-state index >= 15 is 4.39 Å². The molecule has 41 heavy (non-hydrogen) atoms. The molecule has 0 saturated carbocycles. The molecule has 6 heterocycles. The molecule has 0 aliphatic carbocycles. The highest BCUT2D eigenvalue weighted by atomic mass is 19.2. The quantitative estimate of drug-likeness (QED) is 0.244. The molecule has 5 aromatic rings. The number of rotatable bonds is 4. The van der Waals surface area contributed by atoms with Gasteiger partial charge in [-0.05, 0) is 25.5 Å². The zero-order chi connectivity index (χ0) is 28.7. The number of likely N-dealkylation sites (N-methyl/N-ethyl adjacent to an activating group) is 1. The van der Waals surface area contributed by atoms with Crippen molar-refractivity contribution in [3.05, 3.63) is 58.1 Å². The van der Waals surface area contributed by atoms with Crippen LogP contribution >= 0.6 is 0 Å². The first-order valence-electron chi connectivity index (χ1n) is 13.2. The van der Waals surface area contributed by atoms with Crippen molar-refractivity contribution in [3.8, 4) is 11.1 Å². The Morgan fingerprint density at radius 3 is 2.76 bits per heavy atom. The summed E-state index contributed by atoms with van der Waals surface area (Å²) in [4.78, 5) is 41.5. The third-order valence-corrected chi connectivity index (χ3v) is 8.46. The molecule has 0 bridgehead atoms. The zero-order valence-electron chi connectivity index (χ0n) is 22.2. The number of likely N-dealkylation sites (tertiary alicyclic amines) is 1. The highest BCUT2D eigenvalue weighted by molar-refractivity contribution is 6.18. The van der Waals surface area contributed by atoms with Crippen molar-refractivity contribution in [2.75, 3.05) is 49.8 Å². The fourth-order valence-corrected chi connectivity index (χ4v) is 6.63. The van der Waals surface area contributed by atoms with Crippen molar-refractivity contribution in [2.45, 2.75) is 12.5 Å². The summed E-state index contributed by atoms with van der Waals surface area (Å²) in [5.41, 5.74) is 1.74. The number of benzene rings is 1. The van der Waals surface area contributed by atoms with Crippen molar-refractivity contribution in [2.24, 2.45) is 5.92 Å². The number of aromatic amines is 1. The summed E-state index contributed by atoms with van der Waals surface area (Å²) in [6, 6.07) is 2.77. The second-order valence-corrected chi connectivity index (χ2v) is 10.8. The van der Waals surface area contributed by atoms with Crippen LogP contribution in [0.5, 0.6) is 0 Å². The van der Waals surface area contributed by atoms with Crippen LogP contribution in [0.25, 0.3) is 44.1 Å². The van der Waals surface area contributed by atoms with E-state index in [2.05, 4.69) is 37.1 Å². The Morgan fingerprint density at radius 2 is 2.00 bits per heavy atom. The Kier molecular flexibility index (Phi) is 5.45. The number of hydrogen-bond donors (Lipinski definition) is 4. The van der Waals surface area contributed by atoms with Crippen molar-refractivity contribution in [1.29, 1.82) is 0 Å². The number of hydrogen-bond acceptors (Lipinski definition) is 8. The average Bonchev–Trinajstić information content (AvgIpc) is 3.64. The van der Waals surface area contributed by atoms with Gasteiger partial charge in [0.05, 0.1) is 33.1 Å². The number of pyridine rings is 3. The molecule has 210 valence electrons. The number of aromatic carboxylic acids is 1. The summed E-state index contributed by atoms with van der Waals surface area (Å²) >= 11 is 0. The molecule has 1 aromatic carbocycles. The lowest BCUT2D eigenvalue weighted by Crippen LogP contribution is -2.35. The molecule has 2 aliphatic rings. The fraction of sp³-hybridized carbons (Fsp3) is 0.286. The van der Waals surface area contributed by atoms with Gasteiger partial charge in [0.1, 0.15) is 11.2 Å². The second-order valence-electron chi connectivity index (χ2n) is 10.8. The van der Waals surface area contributed by atoms with Gasteiger partial charge in [0, 0.05) is 68.5 Å². The molecule has 0 radical (unpaired) electrons. The van der Waals surface area contributed by atoms with E-state index in [1.807, 2.05) is 0 Å². The van der Waals surface area contributed by atoms with E-state index in [0.717, 1.165) is 36.4 Å². The number of carbonyl (C=O) groups is 1. The first-order valence-corrected chi connectivity index (χ1v) is 13.2. The van der Waals surface area contributed by atoms with Crippen LogP contribution in [-0.2, 0) is 0 Å². The number of aromatic nitrogens is 4. The van der Waals surface area contributed by atoms with Crippen LogP contribution in [0.2, 0.25) is 0 Å². The lowest BCUT2D eigenvalue weighted by molar-refractivity contribution is 0.0695. The summed E-state index contributed by atoms with van der Waals surface area (Å²) in [7, 11) is 3.69. The number of nitrogen functional groups attached to an aromatic ring is 1. The third kappa shape index (κ3) is 3.58. The van der Waals surface area contributed by atoms with Crippen LogP contribution in [0.3, 0.4) is 0 Å². The van der Waals surface area contributed by atoms with Crippen molar-refractivity contribution >= 4 is 50.3 Å². The van der Waals surface area contributed by atoms with Gasteiger partial charge in [-0.25, -0.2) is 23.5 Å². The van der Waals surface area contributed by atoms with E-state index in [1.54, 1.807) is 13.2 Å². The molecule has 7 rings (SSSR count). The minimum atomic E-state index is -1.41. The summed E-state index contributed by atoms with van der Waals surface area (Å²) < 4.78 is 31.5. The maximum absolute atomic E-state index is 15.6. The molecular weight excluding hydrogens is 534 g/mol. The molecule has 2 atom stereocenters. The molecule has 2 unspecified atom stereocenters. The zero-order valence-corrected chi connectivity index (χ0v) is 22.2. The number of fused-ring (bicyclic) bond motifs is 5. The lowest BCUT2D eigenvalue weighted by Gasteiger charge is -2.29. The minimum absolute atomic E-state index is 0.0180. The van der Waals surface area contributed by atoms with Gasteiger partial charge in [-0.3, -0.25) is 9.47 Å². The van der Waals surface area contributed by atoms with E-state index in [1.165, 1.54) is 12.3 Å². The molecular formula is C28H26F2N8O3. The van der Waals surface area contributed by atoms with Gasteiger partial charge in [-0.15, -0.1) is 0 Å². The predicted octanol–water partition coefficient (Wildman–Crippen LogP) is 2.97. The molecule has 13 heteroatoms. The number of carboxylic acid groups (broad SMARTS) is 1.